The second kappa shape index (κ2) is 9.58. The van der Waals surface area contributed by atoms with E-state index in [0.717, 1.165) is 47.0 Å². The SMILES string of the molecule is O=C1CCC(N2C(=O)c3ccc(NC[C@H]4C[C@H](n5cc(Nc6cccnc6)c(C6CC6)n5)C4)cc3C2=O)C(=O)N1. The number of aromatic nitrogens is 3. The summed E-state index contributed by atoms with van der Waals surface area (Å²) in [6.07, 6.45) is 10.3. The van der Waals surface area contributed by atoms with Gasteiger partial charge < -0.3 is 10.6 Å². The largest absolute Gasteiger partial charge is 0.385 e. The second-order valence-corrected chi connectivity index (χ2v) is 11.1. The molecule has 7 rings (SSSR count). The summed E-state index contributed by atoms with van der Waals surface area (Å²) < 4.78 is 2.10. The molecule has 11 nitrogen and oxygen atoms in total. The topological polar surface area (TPSA) is 138 Å². The molecule has 40 heavy (non-hydrogen) atoms. The third-order valence-electron chi connectivity index (χ3n) is 8.28. The van der Waals surface area contributed by atoms with Gasteiger partial charge in [-0.1, -0.05) is 0 Å². The van der Waals surface area contributed by atoms with Gasteiger partial charge in [-0.25, -0.2) is 0 Å². The molecule has 4 amide bonds. The highest BCUT2D eigenvalue weighted by atomic mass is 16.2. The van der Waals surface area contributed by atoms with Crippen molar-refractivity contribution in [3.8, 4) is 0 Å². The maximum Gasteiger partial charge on any atom is 0.262 e. The van der Waals surface area contributed by atoms with Crippen molar-refractivity contribution in [2.45, 2.75) is 56.5 Å². The maximum atomic E-state index is 13.1. The van der Waals surface area contributed by atoms with Crippen molar-refractivity contribution >= 4 is 40.7 Å². The highest BCUT2D eigenvalue weighted by Crippen LogP contribution is 2.45. The van der Waals surface area contributed by atoms with E-state index in [4.69, 9.17) is 5.10 Å². The Bertz CT molecular complexity index is 1520. The lowest BCUT2D eigenvalue weighted by Crippen LogP contribution is -2.54. The summed E-state index contributed by atoms with van der Waals surface area (Å²) in [5.74, 6) is -1.00. The van der Waals surface area contributed by atoms with Gasteiger partial charge in [0, 0.05) is 37.0 Å². The normalized spacial score (nSPS) is 24.0. The molecule has 1 unspecified atom stereocenters. The number of rotatable bonds is 8. The van der Waals surface area contributed by atoms with Crippen molar-refractivity contribution in [1.82, 2.24) is 25.0 Å². The number of hydrogen-bond acceptors (Lipinski definition) is 8. The standard InChI is InChI=1S/C29H29N7O4/c37-25-8-7-24(27(38)33-25)36-28(39)21-6-5-18(12-22(21)29(36)40)31-13-16-10-20(11-16)35-15-23(26(34-35)17-3-4-17)32-19-2-1-9-30-14-19/h1-2,5-6,9,12,14-17,20,24,31-32H,3-4,7-8,10-11,13H2,(H,33,37,38)/t16-,20-,24?. The van der Waals surface area contributed by atoms with E-state index in [1.807, 2.05) is 18.3 Å². The molecule has 3 fully saturated rings. The summed E-state index contributed by atoms with van der Waals surface area (Å²) in [6, 6.07) is 8.40. The monoisotopic (exact) mass is 539 g/mol. The molecule has 1 aromatic carbocycles. The van der Waals surface area contributed by atoms with Crippen LogP contribution < -0.4 is 16.0 Å². The number of amides is 4. The molecule has 1 saturated heterocycles. The van der Waals surface area contributed by atoms with Crippen LogP contribution in [0.25, 0.3) is 0 Å². The average molecular weight is 540 g/mol. The molecule has 2 saturated carbocycles. The Morgan fingerprint density at radius 1 is 0.975 bits per heavy atom. The Balaban J connectivity index is 0.969. The van der Waals surface area contributed by atoms with E-state index in [2.05, 4.69) is 31.8 Å². The Morgan fingerprint density at radius 3 is 2.55 bits per heavy atom. The first kappa shape index (κ1) is 24.5. The van der Waals surface area contributed by atoms with Crippen LogP contribution in [-0.4, -0.2) is 55.9 Å². The van der Waals surface area contributed by atoms with E-state index in [0.29, 0.717) is 17.9 Å². The molecule has 4 aliphatic rings. The number of imide groups is 2. The lowest BCUT2D eigenvalue weighted by atomic mass is 9.80. The van der Waals surface area contributed by atoms with Crippen LogP contribution in [0.1, 0.15) is 76.9 Å². The number of pyridine rings is 1. The molecule has 0 radical (unpaired) electrons. The Kier molecular flexibility index (Phi) is 5.87. The van der Waals surface area contributed by atoms with Gasteiger partial charge >= 0.3 is 0 Å². The summed E-state index contributed by atoms with van der Waals surface area (Å²) >= 11 is 0. The molecule has 0 spiro atoms. The van der Waals surface area contributed by atoms with Crippen molar-refractivity contribution in [2.24, 2.45) is 5.92 Å². The van der Waals surface area contributed by atoms with Crippen LogP contribution in [0.4, 0.5) is 17.1 Å². The summed E-state index contributed by atoms with van der Waals surface area (Å²) in [7, 11) is 0. The van der Waals surface area contributed by atoms with Crippen molar-refractivity contribution < 1.29 is 19.2 Å². The van der Waals surface area contributed by atoms with Gasteiger partial charge in [0.2, 0.25) is 11.8 Å². The van der Waals surface area contributed by atoms with E-state index in [-0.39, 0.29) is 29.9 Å². The van der Waals surface area contributed by atoms with E-state index in [1.165, 1.54) is 12.8 Å². The lowest BCUT2D eigenvalue weighted by molar-refractivity contribution is -0.136. The first-order valence-corrected chi connectivity index (χ1v) is 13.8. The molecule has 3 aromatic rings. The minimum absolute atomic E-state index is 0.0990. The van der Waals surface area contributed by atoms with Crippen LogP contribution in [0.15, 0.2) is 48.9 Å². The van der Waals surface area contributed by atoms with Crippen LogP contribution in [-0.2, 0) is 9.59 Å². The highest BCUT2D eigenvalue weighted by molar-refractivity contribution is 6.23. The molecule has 2 aliphatic carbocycles. The van der Waals surface area contributed by atoms with E-state index < -0.39 is 23.8 Å². The van der Waals surface area contributed by atoms with Gasteiger partial charge in [0.25, 0.3) is 11.8 Å². The van der Waals surface area contributed by atoms with Gasteiger partial charge in [0.1, 0.15) is 6.04 Å². The van der Waals surface area contributed by atoms with E-state index >= 15 is 0 Å². The number of nitrogens with one attached hydrogen (secondary N) is 3. The zero-order valence-corrected chi connectivity index (χ0v) is 21.8. The van der Waals surface area contributed by atoms with Crippen molar-refractivity contribution in [1.29, 1.82) is 0 Å². The number of nitrogens with zero attached hydrogens (tertiary/aromatic N) is 4. The van der Waals surface area contributed by atoms with Crippen molar-refractivity contribution in [3.05, 3.63) is 65.7 Å². The highest BCUT2D eigenvalue weighted by Gasteiger charge is 2.44. The molecule has 0 bridgehead atoms. The first-order valence-electron chi connectivity index (χ1n) is 13.8. The molecule has 11 heteroatoms. The van der Waals surface area contributed by atoms with Crippen LogP contribution in [0.5, 0.6) is 0 Å². The number of anilines is 3. The Labute approximate surface area is 230 Å². The van der Waals surface area contributed by atoms with Crippen LogP contribution >= 0.6 is 0 Å². The van der Waals surface area contributed by atoms with Gasteiger partial charge in [-0.3, -0.25) is 39.1 Å². The third kappa shape index (κ3) is 4.41. The fraction of sp³-hybridized carbons (Fsp3) is 0.379. The molecule has 2 aliphatic heterocycles. The molecule has 3 N–H and O–H groups in total. The zero-order chi connectivity index (χ0) is 27.4. The van der Waals surface area contributed by atoms with Gasteiger partial charge in [-0.05, 0) is 68.4 Å². The molecular weight excluding hydrogens is 510 g/mol. The smallest absolute Gasteiger partial charge is 0.262 e. The second-order valence-electron chi connectivity index (χ2n) is 11.1. The van der Waals surface area contributed by atoms with Gasteiger partial charge in [-0.15, -0.1) is 0 Å². The van der Waals surface area contributed by atoms with Crippen molar-refractivity contribution in [3.63, 3.8) is 0 Å². The van der Waals surface area contributed by atoms with Gasteiger partial charge in [-0.2, -0.15) is 5.10 Å². The Morgan fingerprint density at radius 2 is 1.80 bits per heavy atom. The van der Waals surface area contributed by atoms with Crippen molar-refractivity contribution in [2.75, 3.05) is 17.2 Å². The fourth-order valence-electron chi connectivity index (χ4n) is 5.87. The summed E-state index contributed by atoms with van der Waals surface area (Å²) in [5.41, 5.74) is 4.46. The average Bonchev–Trinajstić information content (AvgIpc) is 3.64. The molecule has 204 valence electrons. The van der Waals surface area contributed by atoms with E-state index in [1.54, 1.807) is 24.4 Å². The quantitative estimate of drug-likeness (QED) is 0.371. The molecular formula is C29H29N7O4. The fourth-order valence-corrected chi connectivity index (χ4v) is 5.87. The summed E-state index contributed by atoms with van der Waals surface area (Å²) in [6.45, 7) is 0.742. The molecule has 4 heterocycles. The summed E-state index contributed by atoms with van der Waals surface area (Å²) in [5, 5.41) is 14.1. The minimum Gasteiger partial charge on any atom is -0.385 e. The number of fused-ring (bicyclic) bond motifs is 1. The first-order chi connectivity index (χ1) is 19.4. The minimum atomic E-state index is -0.962. The lowest BCUT2D eigenvalue weighted by Gasteiger charge is -2.35. The number of carbonyl (C=O) groups excluding carboxylic acids is 4. The maximum absolute atomic E-state index is 13.1. The molecule has 1 atom stereocenters. The van der Waals surface area contributed by atoms with Crippen LogP contribution in [0.3, 0.4) is 0 Å². The van der Waals surface area contributed by atoms with Gasteiger partial charge in [0.05, 0.1) is 40.4 Å². The number of benzene rings is 1. The predicted molar refractivity (Wildman–Crippen MR) is 145 cm³/mol. The number of carbonyl (C=O) groups is 4. The molecule has 2 aromatic heterocycles. The zero-order valence-electron chi connectivity index (χ0n) is 21.8. The summed E-state index contributed by atoms with van der Waals surface area (Å²) in [4.78, 5) is 55.0. The number of piperidine rings is 1. The predicted octanol–water partition coefficient (Wildman–Crippen LogP) is 3.36. The van der Waals surface area contributed by atoms with E-state index in [9.17, 15) is 19.2 Å². The van der Waals surface area contributed by atoms with Crippen LogP contribution in [0.2, 0.25) is 0 Å². The third-order valence-corrected chi connectivity index (χ3v) is 8.28. The number of hydrogen-bond donors (Lipinski definition) is 3. The van der Waals surface area contributed by atoms with Crippen LogP contribution in [0, 0.1) is 5.92 Å². The van der Waals surface area contributed by atoms with Gasteiger partial charge in [0.15, 0.2) is 0 Å². The Hall–Kier alpha value is -4.54.